The fourth-order valence-electron chi connectivity index (χ4n) is 2.04. The number of amides is 1. The summed E-state index contributed by atoms with van der Waals surface area (Å²) in [6, 6.07) is 6.24. The van der Waals surface area contributed by atoms with E-state index in [-0.39, 0.29) is 16.5 Å². The molecule has 122 valence electrons. The molecule has 0 spiro atoms. The standard InChI is InChI=1S/C14H12F3N3O2S/c1-23-13(6-7-13)11(21)18-9-4-2-8(3-5-9)10-19-12(22-20-10)14(15,16)17/h2-5H,6-7H2,1H3,(H,18,21). The molecule has 2 aromatic rings. The van der Waals surface area contributed by atoms with Gasteiger partial charge < -0.3 is 9.84 Å². The van der Waals surface area contributed by atoms with E-state index in [1.54, 1.807) is 12.1 Å². The van der Waals surface area contributed by atoms with Crippen molar-refractivity contribution in [1.82, 2.24) is 10.1 Å². The van der Waals surface area contributed by atoms with Gasteiger partial charge >= 0.3 is 12.1 Å². The quantitative estimate of drug-likeness (QED) is 0.919. The van der Waals surface area contributed by atoms with Crippen LogP contribution in [0.2, 0.25) is 0 Å². The molecule has 1 heterocycles. The van der Waals surface area contributed by atoms with Gasteiger partial charge in [0.05, 0.1) is 4.75 Å². The second-order valence-corrected chi connectivity index (χ2v) is 6.34. The van der Waals surface area contributed by atoms with Crippen LogP contribution < -0.4 is 5.32 Å². The second-order valence-electron chi connectivity index (χ2n) is 5.15. The molecule has 1 saturated carbocycles. The van der Waals surface area contributed by atoms with Gasteiger partial charge in [-0.05, 0) is 43.4 Å². The Morgan fingerprint density at radius 2 is 1.96 bits per heavy atom. The third kappa shape index (κ3) is 3.19. The normalized spacial score (nSPS) is 16.2. The van der Waals surface area contributed by atoms with Crippen molar-refractivity contribution in [3.05, 3.63) is 30.2 Å². The molecule has 0 saturated heterocycles. The van der Waals surface area contributed by atoms with Crippen LogP contribution in [0.4, 0.5) is 18.9 Å². The van der Waals surface area contributed by atoms with Gasteiger partial charge in [0.2, 0.25) is 11.7 Å². The molecule has 0 radical (unpaired) electrons. The van der Waals surface area contributed by atoms with E-state index in [1.165, 1.54) is 23.9 Å². The number of nitrogens with one attached hydrogen (secondary N) is 1. The molecule has 1 amide bonds. The number of thioether (sulfide) groups is 1. The van der Waals surface area contributed by atoms with Crippen molar-refractivity contribution in [3.63, 3.8) is 0 Å². The minimum atomic E-state index is -4.67. The van der Waals surface area contributed by atoms with Crippen LogP contribution in [0.15, 0.2) is 28.8 Å². The van der Waals surface area contributed by atoms with E-state index < -0.39 is 12.1 Å². The van der Waals surface area contributed by atoms with E-state index in [4.69, 9.17) is 0 Å². The van der Waals surface area contributed by atoms with Crippen LogP contribution in [-0.4, -0.2) is 27.1 Å². The summed E-state index contributed by atoms with van der Waals surface area (Å²) in [7, 11) is 0. The number of carbonyl (C=O) groups excluding carboxylic acids is 1. The monoisotopic (exact) mass is 343 g/mol. The first-order valence-corrected chi connectivity index (χ1v) is 7.94. The predicted octanol–water partition coefficient (Wildman–Crippen LogP) is 3.59. The minimum Gasteiger partial charge on any atom is -0.329 e. The molecule has 5 nitrogen and oxygen atoms in total. The number of carbonyl (C=O) groups is 1. The lowest BCUT2D eigenvalue weighted by molar-refractivity contribution is -0.159. The molecule has 0 atom stereocenters. The summed E-state index contributed by atoms with van der Waals surface area (Å²) in [6.45, 7) is 0. The van der Waals surface area contributed by atoms with Crippen molar-refractivity contribution in [2.45, 2.75) is 23.8 Å². The highest BCUT2D eigenvalue weighted by molar-refractivity contribution is 8.01. The zero-order chi connectivity index (χ0) is 16.7. The molecule has 0 aliphatic heterocycles. The molecule has 1 fully saturated rings. The fourth-order valence-corrected chi connectivity index (χ4v) is 2.79. The number of alkyl halides is 3. The number of halogens is 3. The summed E-state index contributed by atoms with van der Waals surface area (Å²) >= 11 is 1.52. The molecule has 9 heteroatoms. The van der Waals surface area contributed by atoms with Crippen molar-refractivity contribution in [2.24, 2.45) is 0 Å². The molecule has 1 aromatic carbocycles. The second kappa shape index (κ2) is 5.55. The Balaban J connectivity index is 1.72. The topological polar surface area (TPSA) is 68.0 Å². The lowest BCUT2D eigenvalue weighted by Crippen LogP contribution is -2.26. The summed E-state index contributed by atoms with van der Waals surface area (Å²) < 4.78 is 41.1. The molecule has 0 bridgehead atoms. The molecule has 23 heavy (non-hydrogen) atoms. The van der Waals surface area contributed by atoms with Gasteiger partial charge in [0, 0.05) is 11.3 Å². The maximum atomic E-state index is 12.4. The Morgan fingerprint density at radius 1 is 1.30 bits per heavy atom. The SMILES string of the molecule is CSC1(C(=O)Nc2ccc(-c3noc(C(F)(F)F)n3)cc2)CC1. The largest absolute Gasteiger partial charge is 0.471 e. The Bertz CT molecular complexity index is 724. The molecule has 1 N–H and O–H groups in total. The zero-order valence-corrected chi connectivity index (χ0v) is 12.8. The zero-order valence-electron chi connectivity index (χ0n) is 12.0. The van der Waals surface area contributed by atoms with Gasteiger partial charge in [-0.1, -0.05) is 5.16 Å². The first-order valence-electron chi connectivity index (χ1n) is 6.72. The molecular weight excluding hydrogens is 331 g/mol. The first kappa shape index (κ1) is 15.9. The van der Waals surface area contributed by atoms with Crippen molar-refractivity contribution < 1.29 is 22.5 Å². The third-order valence-corrected chi connectivity index (χ3v) is 4.95. The number of aromatic nitrogens is 2. The lowest BCUT2D eigenvalue weighted by Gasteiger charge is -2.12. The van der Waals surface area contributed by atoms with Gasteiger partial charge in [0.15, 0.2) is 0 Å². The number of nitrogens with zero attached hydrogens (tertiary/aromatic N) is 2. The summed E-state index contributed by atoms with van der Waals surface area (Å²) in [5.74, 6) is -1.60. The maximum Gasteiger partial charge on any atom is 0.471 e. The van der Waals surface area contributed by atoms with Crippen LogP contribution >= 0.6 is 11.8 Å². The summed E-state index contributed by atoms with van der Waals surface area (Å²) in [4.78, 5) is 15.4. The van der Waals surface area contributed by atoms with Gasteiger partial charge in [-0.3, -0.25) is 4.79 Å². The molecule has 3 rings (SSSR count). The average Bonchev–Trinajstić information content (AvgIpc) is 3.15. The van der Waals surface area contributed by atoms with E-state index in [1.807, 2.05) is 6.26 Å². The van der Waals surface area contributed by atoms with E-state index in [2.05, 4.69) is 20.0 Å². The average molecular weight is 343 g/mol. The number of hydrogen-bond donors (Lipinski definition) is 1. The Morgan fingerprint density at radius 3 is 2.43 bits per heavy atom. The molecule has 1 aromatic heterocycles. The highest BCUT2D eigenvalue weighted by Crippen LogP contribution is 2.47. The first-order chi connectivity index (χ1) is 10.8. The van der Waals surface area contributed by atoms with Gasteiger partial charge in [0.1, 0.15) is 0 Å². The third-order valence-electron chi connectivity index (χ3n) is 3.58. The number of benzene rings is 1. The van der Waals surface area contributed by atoms with Crippen molar-refractivity contribution in [1.29, 1.82) is 0 Å². The van der Waals surface area contributed by atoms with Crippen LogP contribution in [0.3, 0.4) is 0 Å². The van der Waals surface area contributed by atoms with Gasteiger partial charge in [-0.15, -0.1) is 11.8 Å². The smallest absolute Gasteiger partial charge is 0.329 e. The van der Waals surface area contributed by atoms with Crippen LogP contribution in [0.5, 0.6) is 0 Å². The van der Waals surface area contributed by atoms with Crippen LogP contribution in [0.25, 0.3) is 11.4 Å². The van der Waals surface area contributed by atoms with E-state index >= 15 is 0 Å². The lowest BCUT2D eigenvalue weighted by atomic mass is 10.2. The Hall–Kier alpha value is -2.03. The van der Waals surface area contributed by atoms with E-state index in [0.717, 1.165) is 12.8 Å². The maximum absolute atomic E-state index is 12.4. The van der Waals surface area contributed by atoms with E-state index in [0.29, 0.717) is 11.3 Å². The minimum absolute atomic E-state index is 0.0586. The fraction of sp³-hybridized carbons (Fsp3) is 0.357. The van der Waals surface area contributed by atoms with Crippen molar-refractivity contribution in [3.8, 4) is 11.4 Å². The molecule has 0 unspecified atom stereocenters. The number of rotatable bonds is 4. The summed E-state index contributed by atoms with van der Waals surface area (Å²) in [5, 5.41) is 6.11. The van der Waals surface area contributed by atoms with Crippen molar-refractivity contribution in [2.75, 3.05) is 11.6 Å². The summed E-state index contributed by atoms with van der Waals surface area (Å²) in [6.07, 6.45) is -1.08. The molecule has 1 aliphatic carbocycles. The van der Waals surface area contributed by atoms with Gasteiger partial charge in [-0.2, -0.15) is 18.2 Å². The highest BCUT2D eigenvalue weighted by atomic mass is 32.2. The van der Waals surface area contributed by atoms with Gasteiger partial charge in [-0.25, -0.2) is 0 Å². The Labute approximate surface area is 133 Å². The number of anilines is 1. The van der Waals surface area contributed by atoms with E-state index in [9.17, 15) is 18.0 Å². The molecule has 1 aliphatic rings. The number of hydrogen-bond acceptors (Lipinski definition) is 5. The Kier molecular flexibility index (Phi) is 3.83. The van der Waals surface area contributed by atoms with Crippen LogP contribution in [-0.2, 0) is 11.0 Å². The summed E-state index contributed by atoms with van der Waals surface area (Å²) in [5.41, 5.74) is 0.937. The van der Waals surface area contributed by atoms with Crippen molar-refractivity contribution >= 4 is 23.4 Å². The predicted molar refractivity (Wildman–Crippen MR) is 78.8 cm³/mol. The highest BCUT2D eigenvalue weighted by Gasteiger charge is 2.49. The van der Waals surface area contributed by atoms with Crippen LogP contribution in [0, 0.1) is 0 Å². The van der Waals surface area contributed by atoms with Gasteiger partial charge in [0.25, 0.3) is 0 Å². The van der Waals surface area contributed by atoms with Crippen LogP contribution in [0.1, 0.15) is 18.7 Å². The molecular formula is C14H12F3N3O2S.